The molecule has 0 aliphatic rings. The summed E-state index contributed by atoms with van der Waals surface area (Å²) in [6.07, 6.45) is 1.71. The van der Waals surface area contributed by atoms with Crippen LogP contribution in [0.1, 0.15) is 6.92 Å². The number of rotatable bonds is 3. The van der Waals surface area contributed by atoms with Gasteiger partial charge in [-0.1, -0.05) is 12.1 Å². The van der Waals surface area contributed by atoms with Gasteiger partial charge in [0.1, 0.15) is 17.3 Å². The zero-order valence-corrected chi connectivity index (χ0v) is 9.47. The van der Waals surface area contributed by atoms with Crippen molar-refractivity contribution in [3.63, 3.8) is 0 Å². The van der Waals surface area contributed by atoms with Gasteiger partial charge in [-0.2, -0.15) is 0 Å². The van der Waals surface area contributed by atoms with Crippen LogP contribution in [-0.2, 0) is 7.05 Å². The van der Waals surface area contributed by atoms with E-state index in [1.807, 2.05) is 38.2 Å². The molecule has 2 aromatic rings. The number of hydrogen-bond donors (Lipinski definition) is 1. The van der Waals surface area contributed by atoms with Gasteiger partial charge in [0.05, 0.1) is 12.9 Å². The third-order valence-electron chi connectivity index (χ3n) is 2.40. The molecule has 4 nitrogen and oxygen atoms in total. The molecular weight excluding hydrogens is 202 g/mol. The molecule has 0 fully saturated rings. The highest BCUT2D eigenvalue weighted by Crippen LogP contribution is 2.26. The zero-order valence-electron chi connectivity index (χ0n) is 9.47. The number of ether oxygens (including phenoxy) is 1. The predicted molar refractivity (Wildman–Crippen MR) is 64.2 cm³/mol. The smallest absolute Gasteiger partial charge is 0.131 e. The summed E-state index contributed by atoms with van der Waals surface area (Å²) in [4.78, 5) is 4.27. The second-order valence-electron chi connectivity index (χ2n) is 3.55. The molecular formula is C12H15N3O. The molecule has 1 aromatic heterocycles. The molecule has 0 amide bonds. The van der Waals surface area contributed by atoms with Crippen LogP contribution in [-0.4, -0.2) is 16.2 Å². The predicted octanol–water partition coefficient (Wildman–Crippen LogP) is 2.07. The minimum Gasteiger partial charge on any atom is -0.494 e. The lowest BCUT2D eigenvalue weighted by atomic mass is 10.1. The van der Waals surface area contributed by atoms with Gasteiger partial charge >= 0.3 is 0 Å². The Morgan fingerprint density at radius 3 is 2.88 bits per heavy atom. The van der Waals surface area contributed by atoms with Gasteiger partial charge in [-0.15, -0.1) is 0 Å². The van der Waals surface area contributed by atoms with E-state index in [0.717, 1.165) is 17.0 Å². The number of anilines is 1. The Balaban J connectivity index is 2.40. The van der Waals surface area contributed by atoms with E-state index in [0.29, 0.717) is 12.4 Å². The van der Waals surface area contributed by atoms with Crippen LogP contribution in [0.3, 0.4) is 0 Å². The van der Waals surface area contributed by atoms with Crippen molar-refractivity contribution < 1.29 is 4.74 Å². The topological polar surface area (TPSA) is 53.1 Å². The average molecular weight is 217 g/mol. The van der Waals surface area contributed by atoms with E-state index in [2.05, 4.69) is 4.98 Å². The van der Waals surface area contributed by atoms with Gasteiger partial charge in [0, 0.05) is 12.6 Å². The number of nitrogens with two attached hydrogens (primary N) is 1. The molecule has 84 valence electrons. The summed E-state index contributed by atoms with van der Waals surface area (Å²) in [6, 6.07) is 7.78. The Morgan fingerprint density at radius 1 is 1.44 bits per heavy atom. The third kappa shape index (κ3) is 1.86. The average Bonchev–Trinajstić information content (AvgIpc) is 2.61. The molecule has 16 heavy (non-hydrogen) atoms. The number of nitrogens with zero attached hydrogens (tertiary/aromatic N) is 2. The molecule has 0 saturated heterocycles. The Labute approximate surface area is 94.7 Å². The van der Waals surface area contributed by atoms with Gasteiger partial charge in [-0.05, 0) is 19.1 Å². The molecule has 0 radical (unpaired) electrons. The van der Waals surface area contributed by atoms with Gasteiger partial charge < -0.3 is 15.0 Å². The maximum absolute atomic E-state index is 5.92. The number of benzene rings is 1. The van der Waals surface area contributed by atoms with E-state index in [9.17, 15) is 0 Å². The molecule has 1 aromatic carbocycles. The van der Waals surface area contributed by atoms with Crippen LogP contribution >= 0.6 is 0 Å². The Bertz CT molecular complexity index is 491. The van der Waals surface area contributed by atoms with Crippen LogP contribution in [0.4, 0.5) is 5.82 Å². The van der Waals surface area contributed by atoms with Gasteiger partial charge in [0.15, 0.2) is 0 Å². The summed E-state index contributed by atoms with van der Waals surface area (Å²) < 4.78 is 7.23. The molecule has 2 rings (SSSR count). The van der Waals surface area contributed by atoms with Crippen LogP contribution in [0.15, 0.2) is 30.6 Å². The first-order valence-electron chi connectivity index (χ1n) is 5.22. The second-order valence-corrected chi connectivity index (χ2v) is 3.55. The van der Waals surface area contributed by atoms with Gasteiger partial charge in [0.25, 0.3) is 0 Å². The zero-order chi connectivity index (χ0) is 11.5. The normalized spacial score (nSPS) is 10.4. The van der Waals surface area contributed by atoms with Crippen LogP contribution in [0.5, 0.6) is 5.75 Å². The quantitative estimate of drug-likeness (QED) is 0.856. The molecule has 0 atom stereocenters. The van der Waals surface area contributed by atoms with Crippen molar-refractivity contribution in [3.8, 4) is 17.0 Å². The molecule has 0 aliphatic carbocycles. The summed E-state index contributed by atoms with van der Waals surface area (Å²) in [5, 5.41) is 0. The van der Waals surface area contributed by atoms with Crippen molar-refractivity contribution in [2.75, 3.05) is 12.3 Å². The Hall–Kier alpha value is -1.97. The van der Waals surface area contributed by atoms with Crippen molar-refractivity contribution in [1.29, 1.82) is 0 Å². The highest BCUT2D eigenvalue weighted by Gasteiger charge is 2.08. The number of nitrogen functional groups attached to an aromatic ring is 1. The fraction of sp³-hybridized carbons (Fsp3) is 0.250. The Morgan fingerprint density at radius 2 is 2.25 bits per heavy atom. The minimum absolute atomic E-state index is 0.654. The van der Waals surface area contributed by atoms with E-state index in [1.165, 1.54) is 0 Å². The lowest BCUT2D eigenvalue weighted by molar-refractivity contribution is 0.340. The molecule has 0 spiro atoms. The molecule has 2 N–H and O–H groups in total. The Kier molecular flexibility index (Phi) is 2.81. The third-order valence-corrected chi connectivity index (χ3v) is 2.40. The van der Waals surface area contributed by atoms with Crippen molar-refractivity contribution in [2.45, 2.75) is 6.92 Å². The first-order valence-corrected chi connectivity index (χ1v) is 5.22. The number of imidazole rings is 1. The van der Waals surface area contributed by atoms with Gasteiger partial charge in [0.2, 0.25) is 0 Å². The highest BCUT2D eigenvalue weighted by atomic mass is 16.5. The lowest BCUT2D eigenvalue weighted by Gasteiger charge is -2.05. The van der Waals surface area contributed by atoms with Gasteiger partial charge in [-0.3, -0.25) is 0 Å². The first-order chi connectivity index (χ1) is 7.72. The highest BCUT2D eigenvalue weighted by molar-refractivity contribution is 5.71. The standard InChI is InChI=1S/C12H15N3O/c1-3-16-10-6-4-5-9(7-10)11-12(13)15(2)8-14-11/h4-8H,3,13H2,1-2H3. The number of aryl methyl sites for hydroxylation is 1. The number of hydrogen-bond acceptors (Lipinski definition) is 3. The van der Waals surface area contributed by atoms with E-state index in [-0.39, 0.29) is 0 Å². The van der Waals surface area contributed by atoms with Gasteiger partial charge in [-0.25, -0.2) is 4.98 Å². The van der Waals surface area contributed by atoms with E-state index >= 15 is 0 Å². The fourth-order valence-corrected chi connectivity index (χ4v) is 1.56. The monoisotopic (exact) mass is 217 g/mol. The summed E-state index contributed by atoms with van der Waals surface area (Å²) in [5.74, 6) is 1.50. The molecule has 4 heteroatoms. The first kappa shape index (κ1) is 10.5. The van der Waals surface area contributed by atoms with Crippen molar-refractivity contribution >= 4 is 5.82 Å². The number of aromatic nitrogens is 2. The second kappa shape index (κ2) is 4.26. The van der Waals surface area contributed by atoms with Crippen molar-refractivity contribution in [2.24, 2.45) is 7.05 Å². The van der Waals surface area contributed by atoms with E-state index < -0.39 is 0 Å². The maximum atomic E-state index is 5.92. The summed E-state index contributed by atoms with van der Waals surface area (Å²) in [6.45, 7) is 2.61. The summed E-state index contributed by atoms with van der Waals surface area (Å²) in [7, 11) is 1.87. The SMILES string of the molecule is CCOc1cccc(-c2ncn(C)c2N)c1. The van der Waals surface area contributed by atoms with Crippen LogP contribution in [0.2, 0.25) is 0 Å². The summed E-state index contributed by atoms with van der Waals surface area (Å²) >= 11 is 0. The molecule has 0 saturated carbocycles. The molecule has 0 unspecified atom stereocenters. The fourth-order valence-electron chi connectivity index (χ4n) is 1.56. The van der Waals surface area contributed by atoms with E-state index in [1.54, 1.807) is 10.9 Å². The molecule has 1 heterocycles. The van der Waals surface area contributed by atoms with Crippen LogP contribution in [0, 0.1) is 0 Å². The van der Waals surface area contributed by atoms with Crippen molar-refractivity contribution in [1.82, 2.24) is 9.55 Å². The van der Waals surface area contributed by atoms with Crippen molar-refractivity contribution in [3.05, 3.63) is 30.6 Å². The minimum atomic E-state index is 0.654. The summed E-state index contributed by atoms with van der Waals surface area (Å²) in [5.41, 5.74) is 7.69. The van der Waals surface area contributed by atoms with Crippen LogP contribution in [0.25, 0.3) is 11.3 Å². The van der Waals surface area contributed by atoms with Crippen LogP contribution < -0.4 is 10.5 Å². The lowest BCUT2D eigenvalue weighted by Crippen LogP contribution is -1.96. The molecule has 0 aliphatic heterocycles. The largest absolute Gasteiger partial charge is 0.494 e. The van der Waals surface area contributed by atoms with E-state index in [4.69, 9.17) is 10.5 Å². The molecule has 0 bridgehead atoms. The maximum Gasteiger partial charge on any atom is 0.131 e.